The lowest BCUT2D eigenvalue weighted by Crippen LogP contribution is -2.31. The number of benzene rings is 1. The van der Waals surface area contributed by atoms with Crippen LogP contribution in [-0.2, 0) is 4.74 Å². The highest BCUT2D eigenvalue weighted by atomic mass is 127. The van der Waals surface area contributed by atoms with Crippen molar-refractivity contribution in [2.24, 2.45) is 5.92 Å². The van der Waals surface area contributed by atoms with E-state index in [1.807, 2.05) is 13.1 Å². The van der Waals surface area contributed by atoms with Crippen LogP contribution in [0, 0.1) is 15.3 Å². The molecule has 17 heavy (non-hydrogen) atoms. The van der Waals surface area contributed by atoms with E-state index in [-0.39, 0.29) is 11.9 Å². The Morgan fingerprint density at radius 1 is 1.53 bits per heavy atom. The molecule has 4 heteroatoms. The fourth-order valence-electron chi connectivity index (χ4n) is 2.43. The molecule has 1 N–H and O–H groups in total. The van der Waals surface area contributed by atoms with Gasteiger partial charge in [0.2, 0.25) is 0 Å². The number of ether oxygens (including phenoxy) is 1. The molecular weight excluding hydrogens is 332 g/mol. The third-order valence-corrected chi connectivity index (χ3v) is 4.21. The summed E-state index contributed by atoms with van der Waals surface area (Å²) in [4.78, 5) is 0. The van der Waals surface area contributed by atoms with Gasteiger partial charge in [0.25, 0.3) is 0 Å². The molecule has 0 aliphatic carbocycles. The molecule has 0 amide bonds. The van der Waals surface area contributed by atoms with E-state index >= 15 is 0 Å². The monoisotopic (exact) mass is 349 g/mol. The van der Waals surface area contributed by atoms with E-state index in [0.717, 1.165) is 23.2 Å². The molecule has 1 heterocycles. The van der Waals surface area contributed by atoms with E-state index < -0.39 is 0 Å². The Morgan fingerprint density at radius 3 is 2.94 bits per heavy atom. The van der Waals surface area contributed by atoms with Crippen molar-refractivity contribution in [1.82, 2.24) is 5.32 Å². The van der Waals surface area contributed by atoms with Crippen LogP contribution in [0.5, 0.6) is 0 Å². The second kappa shape index (κ2) is 6.11. The third-order valence-electron chi connectivity index (χ3n) is 3.28. The van der Waals surface area contributed by atoms with Gasteiger partial charge in [0.1, 0.15) is 5.82 Å². The number of nitrogens with one attached hydrogen (secondary N) is 1. The highest BCUT2D eigenvalue weighted by Crippen LogP contribution is 2.31. The zero-order chi connectivity index (χ0) is 12.3. The zero-order valence-electron chi connectivity index (χ0n) is 9.88. The average Bonchev–Trinajstić information content (AvgIpc) is 2.34. The molecule has 0 radical (unpaired) electrons. The summed E-state index contributed by atoms with van der Waals surface area (Å²) >= 11 is 2.20. The van der Waals surface area contributed by atoms with Gasteiger partial charge in [-0.3, -0.25) is 0 Å². The minimum Gasteiger partial charge on any atom is -0.381 e. The van der Waals surface area contributed by atoms with Crippen LogP contribution in [0.4, 0.5) is 4.39 Å². The first-order chi connectivity index (χ1) is 8.22. The summed E-state index contributed by atoms with van der Waals surface area (Å²) in [7, 11) is 1.96. The van der Waals surface area contributed by atoms with Crippen molar-refractivity contribution in [2.45, 2.75) is 18.9 Å². The number of hydrogen-bond acceptors (Lipinski definition) is 2. The van der Waals surface area contributed by atoms with Crippen molar-refractivity contribution >= 4 is 22.6 Å². The zero-order valence-corrected chi connectivity index (χ0v) is 12.0. The molecule has 2 nitrogen and oxygen atoms in total. The van der Waals surface area contributed by atoms with Crippen LogP contribution in [0.2, 0.25) is 0 Å². The second-order valence-corrected chi connectivity index (χ2v) is 5.57. The van der Waals surface area contributed by atoms with Crippen molar-refractivity contribution in [3.8, 4) is 0 Å². The highest BCUT2D eigenvalue weighted by molar-refractivity contribution is 14.1. The van der Waals surface area contributed by atoms with Gasteiger partial charge in [0, 0.05) is 22.1 Å². The van der Waals surface area contributed by atoms with E-state index in [1.54, 1.807) is 6.07 Å². The van der Waals surface area contributed by atoms with E-state index in [4.69, 9.17) is 4.74 Å². The Kier molecular flexibility index (Phi) is 4.76. The molecule has 1 aliphatic heterocycles. The van der Waals surface area contributed by atoms with Crippen LogP contribution in [0.15, 0.2) is 18.2 Å². The molecule has 2 unspecified atom stereocenters. The maximum atomic E-state index is 13.1. The Morgan fingerprint density at radius 2 is 2.35 bits per heavy atom. The van der Waals surface area contributed by atoms with Gasteiger partial charge < -0.3 is 10.1 Å². The maximum absolute atomic E-state index is 13.1. The predicted octanol–water partition coefficient (Wildman–Crippen LogP) is 3.12. The lowest BCUT2D eigenvalue weighted by molar-refractivity contribution is 0.0401. The Labute approximate surface area is 115 Å². The molecule has 2 atom stereocenters. The molecule has 1 saturated heterocycles. The van der Waals surface area contributed by atoms with Crippen LogP contribution in [-0.4, -0.2) is 20.3 Å². The molecule has 0 bridgehead atoms. The largest absolute Gasteiger partial charge is 0.381 e. The molecule has 0 spiro atoms. The summed E-state index contributed by atoms with van der Waals surface area (Å²) in [6.07, 6.45) is 2.28. The minimum atomic E-state index is -0.173. The molecule has 94 valence electrons. The van der Waals surface area contributed by atoms with E-state index in [1.165, 1.54) is 18.1 Å². The van der Waals surface area contributed by atoms with E-state index in [9.17, 15) is 4.39 Å². The van der Waals surface area contributed by atoms with Gasteiger partial charge in [0.15, 0.2) is 0 Å². The summed E-state index contributed by atoms with van der Waals surface area (Å²) < 4.78 is 19.6. The van der Waals surface area contributed by atoms with Gasteiger partial charge in [-0.1, -0.05) is 6.07 Å². The summed E-state index contributed by atoms with van der Waals surface area (Å²) in [5.74, 6) is 0.306. The average molecular weight is 349 g/mol. The number of rotatable bonds is 3. The van der Waals surface area contributed by atoms with Gasteiger partial charge in [-0.05, 0) is 60.2 Å². The Bertz CT molecular complexity index is 380. The van der Waals surface area contributed by atoms with Gasteiger partial charge in [-0.2, -0.15) is 0 Å². The summed E-state index contributed by atoms with van der Waals surface area (Å²) in [6, 6.07) is 5.25. The first kappa shape index (κ1) is 13.2. The van der Waals surface area contributed by atoms with E-state index in [0.29, 0.717) is 5.92 Å². The lowest BCUT2D eigenvalue weighted by atomic mass is 9.89. The normalized spacial score (nSPS) is 22.4. The topological polar surface area (TPSA) is 21.3 Å². The van der Waals surface area contributed by atoms with Gasteiger partial charge in [-0.25, -0.2) is 4.39 Å². The quantitative estimate of drug-likeness (QED) is 0.847. The highest BCUT2D eigenvalue weighted by Gasteiger charge is 2.25. The summed E-state index contributed by atoms with van der Waals surface area (Å²) in [5, 5.41) is 3.34. The summed E-state index contributed by atoms with van der Waals surface area (Å²) in [6.45, 7) is 1.66. The van der Waals surface area contributed by atoms with Gasteiger partial charge in [0.05, 0.1) is 6.61 Å². The van der Waals surface area contributed by atoms with Crippen molar-refractivity contribution in [3.05, 3.63) is 33.1 Å². The molecule has 0 aromatic heterocycles. The number of hydrogen-bond donors (Lipinski definition) is 1. The van der Waals surface area contributed by atoms with Crippen LogP contribution in [0.3, 0.4) is 0 Å². The SMILES string of the molecule is CNC(c1ccc(F)cc1I)C1CCCOC1. The fourth-order valence-corrected chi connectivity index (χ4v) is 3.24. The molecule has 0 saturated carbocycles. The molecule has 1 aliphatic rings. The Hall–Kier alpha value is -0.200. The smallest absolute Gasteiger partial charge is 0.124 e. The van der Waals surface area contributed by atoms with Crippen molar-refractivity contribution < 1.29 is 9.13 Å². The summed E-state index contributed by atoms with van der Waals surface area (Å²) in [5.41, 5.74) is 1.17. The standard InChI is InChI=1S/C13H17FINO/c1-16-13(9-3-2-6-17-8-9)11-5-4-10(14)7-12(11)15/h4-5,7,9,13,16H,2-3,6,8H2,1H3. The first-order valence-electron chi connectivity index (χ1n) is 5.92. The molecular formula is C13H17FINO. The minimum absolute atomic E-state index is 0.173. The maximum Gasteiger partial charge on any atom is 0.124 e. The van der Waals surface area contributed by atoms with Gasteiger partial charge >= 0.3 is 0 Å². The number of halogens is 2. The fraction of sp³-hybridized carbons (Fsp3) is 0.538. The first-order valence-corrected chi connectivity index (χ1v) is 7.00. The van der Waals surface area contributed by atoms with Crippen LogP contribution in [0.25, 0.3) is 0 Å². The molecule has 1 aromatic carbocycles. The Balaban J connectivity index is 2.21. The molecule has 2 rings (SSSR count). The predicted molar refractivity (Wildman–Crippen MR) is 74.5 cm³/mol. The van der Waals surface area contributed by atoms with Crippen molar-refractivity contribution in [2.75, 3.05) is 20.3 Å². The molecule has 1 aromatic rings. The molecule has 1 fully saturated rings. The lowest BCUT2D eigenvalue weighted by Gasteiger charge is -2.31. The van der Waals surface area contributed by atoms with Gasteiger partial charge in [-0.15, -0.1) is 0 Å². The van der Waals surface area contributed by atoms with Crippen LogP contribution in [0.1, 0.15) is 24.4 Å². The van der Waals surface area contributed by atoms with Crippen molar-refractivity contribution in [3.63, 3.8) is 0 Å². The van der Waals surface area contributed by atoms with E-state index in [2.05, 4.69) is 27.9 Å². The van der Waals surface area contributed by atoms with Crippen LogP contribution < -0.4 is 5.32 Å². The third kappa shape index (κ3) is 3.17. The second-order valence-electron chi connectivity index (χ2n) is 4.41. The van der Waals surface area contributed by atoms with Crippen molar-refractivity contribution in [1.29, 1.82) is 0 Å². The van der Waals surface area contributed by atoms with Crippen LogP contribution >= 0.6 is 22.6 Å².